The minimum absolute atomic E-state index is 0.128. The predicted molar refractivity (Wildman–Crippen MR) is 114 cm³/mol. The summed E-state index contributed by atoms with van der Waals surface area (Å²) in [5.74, 6) is 0.638. The van der Waals surface area contributed by atoms with E-state index in [9.17, 15) is 16.8 Å². The Morgan fingerprint density at radius 1 is 1.03 bits per heavy atom. The SMILES string of the molecule is CCCC(C)NS(=O)(=O)c1ccc(N2CCN(S(=O)(=O)N3CCOCC3)CC2)nc1. The molecule has 1 aromatic rings. The van der Waals surface area contributed by atoms with Crippen molar-refractivity contribution in [2.24, 2.45) is 0 Å². The van der Waals surface area contributed by atoms with Gasteiger partial charge in [-0.25, -0.2) is 18.1 Å². The first-order chi connectivity index (χ1) is 14.2. The largest absolute Gasteiger partial charge is 0.379 e. The number of ether oxygens (including phenoxy) is 1. The van der Waals surface area contributed by atoms with E-state index < -0.39 is 20.2 Å². The molecule has 0 aromatic carbocycles. The van der Waals surface area contributed by atoms with Crippen molar-refractivity contribution in [2.75, 3.05) is 57.4 Å². The van der Waals surface area contributed by atoms with Crippen LogP contribution < -0.4 is 9.62 Å². The van der Waals surface area contributed by atoms with Crippen LogP contribution in [0.4, 0.5) is 5.82 Å². The van der Waals surface area contributed by atoms with Crippen molar-refractivity contribution in [1.82, 2.24) is 18.3 Å². The summed E-state index contributed by atoms with van der Waals surface area (Å²) in [6, 6.07) is 3.08. The minimum atomic E-state index is -3.60. The summed E-state index contributed by atoms with van der Waals surface area (Å²) in [4.78, 5) is 6.41. The van der Waals surface area contributed by atoms with Crippen molar-refractivity contribution < 1.29 is 21.6 Å². The van der Waals surface area contributed by atoms with Crippen LogP contribution in [0.1, 0.15) is 26.7 Å². The van der Waals surface area contributed by atoms with Crippen molar-refractivity contribution >= 4 is 26.1 Å². The number of aromatic nitrogens is 1. The van der Waals surface area contributed by atoms with Gasteiger partial charge < -0.3 is 9.64 Å². The highest BCUT2D eigenvalue weighted by atomic mass is 32.2. The molecule has 1 atom stereocenters. The number of morpholine rings is 1. The molecule has 30 heavy (non-hydrogen) atoms. The van der Waals surface area contributed by atoms with Crippen molar-refractivity contribution in [3.05, 3.63) is 18.3 Å². The molecule has 10 nitrogen and oxygen atoms in total. The molecule has 2 saturated heterocycles. The molecular formula is C18H31N5O5S2. The van der Waals surface area contributed by atoms with Crippen LogP contribution in [-0.4, -0.2) is 89.0 Å². The van der Waals surface area contributed by atoms with Crippen LogP contribution >= 0.6 is 0 Å². The number of sulfonamides is 1. The third-order valence-corrected chi connectivity index (χ3v) is 8.90. The number of piperazine rings is 1. The van der Waals surface area contributed by atoms with E-state index in [0.29, 0.717) is 58.3 Å². The van der Waals surface area contributed by atoms with E-state index in [1.165, 1.54) is 14.8 Å². The van der Waals surface area contributed by atoms with E-state index in [0.717, 1.165) is 12.8 Å². The van der Waals surface area contributed by atoms with Gasteiger partial charge in [0.2, 0.25) is 10.0 Å². The summed E-state index contributed by atoms with van der Waals surface area (Å²) in [6.45, 7) is 7.16. The lowest BCUT2D eigenvalue weighted by Gasteiger charge is -2.38. The second-order valence-electron chi connectivity index (χ2n) is 7.57. The maximum Gasteiger partial charge on any atom is 0.282 e. The van der Waals surface area contributed by atoms with Crippen LogP contribution in [-0.2, 0) is 25.0 Å². The third kappa shape index (κ3) is 5.48. The summed E-state index contributed by atoms with van der Waals surface area (Å²) in [7, 11) is -7.09. The van der Waals surface area contributed by atoms with Gasteiger partial charge in [0.05, 0.1) is 13.2 Å². The van der Waals surface area contributed by atoms with Crippen molar-refractivity contribution in [3.63, 3.8) is 0 Å². The molecular weight excluding hydrogens is 430 g/mol. The van der Waals surface area contributed by atoms with Crippen LogP contribution in [0.3, 0.4) is 0 Å². The fourth-order valence-electron chi connectivity index (χ4n) is 3.63. The van der Waals surface area contributed by atoms with Crippen molar-refractivity contribution in [3.8, 4) is 0 Å². The highest BCUT2D eigenvalue weighted by Gasteiger charge is 2.33. The van der Waals surface area contributed by atoms with Crippen LogP contribution in [0.15, 0.2) is 23.2 Å². The number of hydrogen-bond donors (Lipinski definition) is 1. The number of pyridine rings is 1. The van der Waals surface area contributed by atoms with E-state index >= 15 is 0 Å². The lowest BCUT2D eigenvalue weighted by atomic mass is 10.2. The second kappa shape index (κ2) is 9.88. The highest BCUT2D eigenvalue weighted by molar-refractivity contribution is 7.89. The van der Waals surface area contributed by atoms with Gasteiger partial charge in [0.15, 0.2) is 0 Å². The number of hydrogen-bond acceptors (Lipinski definition) is 7. The van der Waals surface area contributed by atoms with Gasteiger partial charge in [-0.15, -0.1) is 0 Å². The Morgan fingerprint density at radius 3 is 2.23 bits per heavy atom. The normalized spacial score (nSPS) is 20.9. The van der Waals surface area contributed by atoms with E-state index in [2.05, 4.69) is 9.71 Å². The Hall–Kier alpha value is -1.31. The molecule has 1 aromatic heterocycles. The zero-order chi connectivity index (χ0) is 21.8. The molecule has 0 aliphatic carbocycles. The van der Waals surface area contributed by atoms with Gasteiger partial charge in [-0.1, -0.05) is 13.3 Å². The topological polar surface area (TPSA) is 112 Å². The maximum atomic E-state index is 12.8. The van der Waals surface area contributed by atoms with Gasteiger partial charge in [0.25, 0.3) is 10.2 Å². The number of rotatable bonds is 8. The van der Waals surface area contributed by atoms with E-state index in [4.69, 9.17) is 4.74 Å². The molecule has 0 spiro atoms. The van der Waals surface area contributed by atoms with E-state index in [1.807, 2.05) is 18.7 Å². The Balaban J connectivity index is 1.59. The Kier molecular flexibility index (Phi) is 7.69. The number of nitrogens with one attached hydrogen (secondary N) is 1. The Labute approximate surface area is 179 Å². The Morgan fingerprint density at radius 2 is 1.67 bits per heavy atom. The smallest absolute Gasteiger partial charge is 0.282 e. The highest BCUT2D eigenvalue weighted by Crippen LogP contribution is 2.19. The quantitative estimate of drug-likeness (QED) is 0.590. The zero-order valence-corrected chi connectivity index (χ0v) is 19.2. The lowest BCUT2D eigenvalue weighted by molar-refractivity contribution is 0.0700. The monoisotopic (exact) mass is 461 g/mol. The average molecular weight is 462 g/mol. The maximum absolute atomic E-state index is 12.8. The molecule has 0 amide bonds. The number of nitrogens with zero attached hydrogens (tertiary/aromatic N) is 4. The summed E-state index contributed by atoms with van der Waals surface area (Å²) >= 11 is 0. The first-order valence-corrected chi connectivity index (χ1v) is 13.2. The molecule has 1 unspecified atom stereocenters. The van der Waals surface area contributed by atoms with Crippen LogP contribution in [0, 0.1) is 0 Å². The average Bonchev–Trinajstić information content (AvgIpc) is 2.74. The zero-order valence-electron chi connectivity index (χ0n) is 17.5. The molecule has 3 heterocycles. The standard InChI is InChI=1S/C18H31N5O5S2/c1-3-4-16(2)20-29(24,25)17-5-6-18(19-15-17)21-7-9-22(10-8-21)30(26,27)23-11-13-28-14-12-23/h5-6,15-16,20H,3-4,7-14H2,1-2H3. The van der Waals surface area contributed by atoms with Gasteiger partial charge in [0, 0.05) is 51.5 Å². The van der Waals surface area contributed by atoms with Crippen molar-refractivity contribution in [2.45, 2.75) is 37.6 Å². The van der Waals surface area contributed by atoms with Gasteiger partial charge >= 0.3 is 0 Å². The molecule has 2 fully saturated rings. The first kappa shape index (κ1) is 23.4. The summed E-state index contributed by atoms with van der Waals surface area (Å²) in [6.07, 6.45) is 3.02. The second-order valence-corrected chi connectivity index (χ2v) is 11.2. The molecule has 170 valence electrons. The summed E-state index contributed by atoms with van der Waals surface area (Å²) in [5.41, 5.74) is 0. The van der Waals surface area contributed by atoms with E-state index in [1.54, 1.807) is 12.1 Å². The lowest BCUT2D eigenvalue weighted by Crippen LogP contribution is -2.55. The molecule has 2 aliphatic heterocycles. The molecule has 0 saturated carbocycles. The molecule has 0 radical (unpaired) electrons. The molecule has 2 aliphatic rings. The fraction of sp³-hybridized carbons (Fsp3) is 0.722. The molecule has 1 N–H and O–H groups in total. The molecule has 12 heteroatoms. The van der Waals surface area contributed by atoms with Gasteiger partial charge in [0.1, 0.15) is 10.7 Å². The molecule has 3 rings (SSSR count). The Bertz CT molecular complexity index is 893. The number of anilines is 1. The predicted octanol–water partition coefficient (Wildman–Crippen LogP) is 0.248. The summed E-state index contributed by atoms with van der Waals surface area (Å²) < 4.78 is 61.3. The minimum Gasteiger partial charge on any atom is -0.379 e. The first-order valence-electron chi connectivity index (χ1n) is 10.3. The van der Waals surface area contributed by atoms with Gasteiger partial charge in [-0.05, 0) is 25.5 Å². The summed E-state index contributed by atoms with van der Waals surface area (Å²) in [5, 5.41) is 0. The van der Waals surface area contributed by atoms with Gasteiger partial charge in [-0.3, -0.25) is 0 Å². The van der Waals surface area contributed by atoms with Crippen LogP contribution in [0.25, 0.3) is 0 Å². The van der Waals surface area contributed by atoms with E-state index in [-0.39, 0.29) is 10.9 Å². The van der Waals surface area contributed by atoms with Crippen molar-refractivity contribution in [1.29, 1.82) is 0 Å². The fourth-order valence-corrected chi connectivity index (χ4v) is 6.42. The molecule has 0 bridgehead atoms. The van der Waals surface area contributed by atoms with Crippen LogP contribution in [0.5, 0.6) is 0 Å². The third-order valence-electron chi connectivity index (χ3n) is 5.29. The van der Waals surface area contributed by atoms with Gasteiger partial charge in [-0.2, -0.15) is 17.0 Å². The van der Waals surface area contributed by atoms with Crippen LogP contribution in [0.2, 0.25) is 0 Å².